The Morgan fingerprint density at radius 2 is 1.58 bits per heavy atom. The average Bonchev–Trinajstić information content (AvgIpc) is 2.39. The summed E-state index contributed by atoms with van der Waals surface area (Å²) in [5.41, 5.74) is 11.7. The Morgan fingerprint density at radius 3 is 2.05 bits per heavy atom. The largest absolute Gasteiger partial charge is 0.382 e. The highest BCUT2D eigenvalue weighted by Crippen LogP contribution is 2.19. The number of nitrogens with two attached hydrogens (primary N) is 2. The lowest BCUT2D eigenvalue weighted by atomic mass is 10.1. The zero-order valence-electron chi connectivity index (χ0n) is 10.5. The van der Waals surface area contributed by atoms with Crippen LogP contribution in [0.3, 0.4) is 0 Å². The fourth-order valence-corrected chi connectivity index (χ4v) is 2.07. The second-order valence-corrected chi connectivity index (χ2v) is 4.56. The van der Waals surface area contributed by atoms with Crippen molar-refractivity contribution in [3.8, 4) is 0 Å². The first-order valence-electron chi connectivity index (χ1n) is 6.15. The number of ether oxygens (including phenoxy) is 1. The van der Waals surface area contributed by atoms with Gasteiger partial charge >= 0.3 is 0 Å². The maximum Gasteiger partial charge on any atom is 0.248 e. The Morgan fingerprint density at radius 1 is 1.05 bits per heavy atom. The summed E-state index contributed by atoms with van der Waals surface area (Å²) in [6.07, 6.45) is 1.76. The van der Waals surface area contributed by atoms with Crippen LogP contribution in [0.2, 0.25) is 0 Å². The third kappa shape index (κ3) is 3.45. The molecule has 6 nitrogen and oxygen atoms in total. The lowest BCUT2D eigenvalue weighted by Gasteiger charge is -2.24. The molecule has 0 saturated carbocycles. The minimum atomic E-state index is -0.585. The van der Waals surface area contributed by atoms with Crippen molar-refractivity contribution in [1.29, 1.82) is 0 Å². The number of carbonyl (C=O) groups is 2. The summed E-state index contributed by atoms with van der Waals surface area (Å²) >= 11 is 0. The van der Waals surface area contributed by atoms with Gasteiger partial charge in [-0.05, 0) is 31.0 Å². The van der Waals surface area contributed by atoms with Gasteiger partial charge in [0.25, 0.3) is 0 Å². The van der Waals surface area contributed by atoms with E-state index < -0.39 is 11.8 Å². The molecule has 1 aliphatic heterocycles. The Kier molecular flexibility index (Phi) is 4.01. The molecule has 2 rings (SSSR count). The topological polar surface area (TPSA) is 107 Å². The van der Waals surface area contributed by atoms with E-state index in [1.165, 1.54) is 6.07 Å². The first kappa shape index (κ1) is 13.4. The van der Waals surface area contributed by atoms with Crippen molar-refractivity contribution in [2.45, 2.75) is 18.9 Å². The lowest BCUT2D eigenvalue weighted by molar-refractivity contribution is 0.0904. The lowest BCUT2D eigenvalue weighted by Crippen LogP contribution is -2.28. The van der Waals surface area contributed by atoms with Crippen LogP contribution in [-0.4, -0.2) is 31.1 Å². The van der Waals surface area contributed by atoms with Gasteiger partial charge in [0, 0.05) is 36.1 Å². The molecule has 6 heteroatoms. The van der Waals surface area contributed by atoms with E-state index in [4.69, 9.17) is 16.2 Å². The van der Waals surface area contributed by atoms with E-state index in [1.807, 2.05) is 0 Å². The van der Waals surface area contributed by atoms with Gasteiger partial charge in [-0.15, -0.1) is 0 Å². The summed E-state index contributed by atoms with van der Waals surface area (Å²) in [4.78, 5) is 22.5. The molecule has 5 N–H and O–H groups in total. The van der Waals surface area contributed by atoms with Crippen molar-refractivity contribution in [3.63, 3.8) is 0 Å². The van der Waals surface area contributed by atoms with Gasteiger partial charge in [-0.3, -0.25) is 9.59 Å². The highest BCUT2D eigenvalue weighted by atomic mass is 16.5. The van der Waals surface area contributed by atoms with Gasteiger partial charge in [0.05, 0.1) is 0 Å². The predicted molar refractivity (Wildman–Crippen MR) is 70.9 cm³/mol. The Balaban J connectivity index is 2.22. The quantitative estimate of drug-likeness (QED) is 0.734. The van der Waals surface area contributed by atoms with Crippen LogP contribution >= 0.6 is 0 Å². The summed E-state index contributed by atoms with van der Waals surface area (Å²) in [5.74, 6) is -1.17. The fourth-order valence-electron chi connectivity index (χ4n) is 2.07. The highest BCUT2D eigenvalue weighted by Gasteiger charge is 2.15. The van der Waals surface area contributed by atoms with Crippen LogP contribution in [0.5, 0.6) is 0 Å². The minimum absolute atomic E-state index is 0.262. The van der Waals surface area contributed by atoms with Crippen molar-refractivity contribution in [3.05, 3.63) is 29.3 Å². The van der Waals surface area contributed by atoms with E-state index in [0.29, 0.717) is 18.9 Å². The zero-order chi connectivity index (χ0) is 13.8. The van der Waals surface area contributed by atoms with Crippen molar-refractivity contribution >= 4 is 17.5 Å². The fraction of sp³-hybridized carbons (Fsp3) is 0.385. The normalized spacial score (nSPS) is 16.0. The van der Waals surface area contributed by atoms with Gasteiger partial charge in [-0.2, -0.15) is 0 Å². The average molecular weight is 263 g/mol. The number of hydrogen-bond acceptors (Lipinski definition) is 4. The molecule has 1 saturated heterocycles. The molecule has 0 unspecified atom stereocenters. The Bertz CT molecular complexity index is 464. The van der Waals surface area contributed by atoms with Crippen molar-refractivity contribution in [2.24, 2.45) is 11.5 Å². The van der Waals surface area contributed by atoms with Crippen LogP contribution in [-0.2, 0) is 4.74 Å². The first-order valence-corrected chi connectivity index (χ1v) is 6.15. The maximum absolute atomic E-state index is 11.2. The molecule has 0 atom stereocenters. The number of rotatable bonds is 4. The smallest absolute Gasteiger partial charge is 0.248 e. The van der Waals surface area contributed by atoms with E-state index in [-0.39, 0.29) is 17.2 Å². The number of nitrogens with one attached hydrogen (secondary N) is 1. The molecule has 1 aromatic rings. The van der Waals surface area contributed by atoms with Crippen LogP contribution in [0.1, 0.15) is 33.6 Å². The second kappa shape index (κ2) is 5.71. The van der Waals surface area contributed by atoms with Crippen LogP contribution in [0.4, 0.5) is 5.69 Å². The summed E-state index contributed by atoms with van der Waals surface area (Å²) < 4.78 is 5.27. The number of carbonyl (C=O) groups excluding carboxylic acids is 2. The van der Waals surface area contributed by atoms with Crippen molar-refractivity contribution < 1.29 is 14.3 Å². The van der Waals surface area contributed by atoms with E-state index in [9.17, 15) is 9.59 Å². The highest BCUT2D eigenvalue weighted by molar-refractivity contribution is 5.99. The summed E-state index contributed by atoms with van der Waals surface area (Å²) in [7, 11) is 0. The summed E-state index contributed by atoms with van der Waals surface area (Å²) in [6, 6.07) is 4.92. The first-order chi connectivity index (χ1) is 9.06. The van der Waals surface area contributed by atoms with Crippen LogP contribution in [0.15, 0.2) is 18.2 Å². The molecule has 0 aromatic heterocycles. The number of benzene rings is 1. The Labute approximate surface area is 111 Å². The van der Waals surface area contributed by atoms with Gasteiger partial charge in [0.1, 0.15) is 0 Å². The molecule has 1 heterocycles. The molecule has 0 bridgehead atoms. The standard InChI is InChI=1S/C13H17N3O3/c14-12(17)8-5-9(13(15)18)7-11(6-8)16-10-1-3-19-4-2-10/h5-7,10,16H,1-4H2,(H2,14,17)(H2,15,18). The number of anilines is 1. The maximum atomic E-state index is 11.2. The molecule has 0 spiro atoms. The van der Waals surface area contributed by atoms with Crippen LogP contribution < -0.4 is 16.8 Å². The number of hydrogen-bond donors (Lipinski definition) is 3. The van der Waals surface area contributed by atoms with Gasteiger partial charge in [-0.25, -0.2) is 0 Å². The molecule has 102 valence electrons. The van der Waals surface area contributed by atoms with E-state index in [0.717, 1.165) is 12.8 Å². The molecule has 19 heavy (non-hydrogen) atoms. The molecular formula is C13H17N3O3. The zero-order valence-corrected chi connectivity index (χ0v) is 10.5. The van der Waals surface area contributed by atoms with Gasteiger partial charge in [0.15, 0.2) is 0 Å². The molecule has 0 radical (unpaired) electrons. The van der Waals surface area contributed by atoms with E-state index >= 15 is 0 Å². The van der Waals surface area contributed by atoms with Gasteiger partial charge in [0.2, 0.25) is 11.8 Å². The van der Waals surface area contributed by atoms with Crippen LogP contribution in [0, 0.1) is 0 Å². The molecular weight excluding hydrogens is 246 g/mol. The SMILES string of the molecule is NC(=O)c1cc(NC2CCOCC2)cc(C(N)=O)c1. The van der Waals surface area contributed by atoms with Gasteiger partial charge in [-0.1, -0.05) is 0 Å². The number of primary amides is 2. The molecule has 0 aliphatic carbocycles. The second-order valence-electron chi connectivity index (χ2n) is 4.56. The third-order valence-corrected chi connectivity index (χ3v) is 3.09. The molecule has 1 aromatic carbocycles. The van der Waals surface area contributed by atoms with Crippen molar-refractivity contribution in [2.75, 3.05) is 18.5 Å². The van der Waals surface area contributed by atoms with E-state index in [1.54, 1.807) is 12.1 Å². The Hall–Kier alpha value is -2.08. The third-order valence-electron chi connectivity index (χ3n) is 3.09. The number of amides is 2. The molecule has 1 fully saturated rings. The summed E-state index contributed by atoms with van der Waals surface area (Å²) in [6.45, 7) is 1.41. The van der Waals surface area contributed by atoms with E-state index in [2.05, 4.69) is 5.32 Å². The molecule has 1 aliphatic rings. The minimum Gasteiger partial charge on any atom is -0.382 e. The predicted octanol–water partition coefficient (Wildman–Crippen LogP) is 0.475. The van der Waals surface area contributed by atoms with Crippen LogP contribution in [0.25, 0.3) is 0 Å². The monoisotopic (exact) mass is 263 g/mol. The summed E-state index contributed by atoms with van der Waals surface area (Å²) in [5, 5.41) is 3.28. The molecule has 2 amide bonds. The van der Waals surface area contributed by atoms with Crippen molar-refractivity contribution in [1.82, 2.24) is 0 Å². The van der Waals surface area contributed by atoms with Gasteiger partial charge < -0.3 is 21.5 Å².